The number of carboxylic acids is 1. The Balaban J connectivity index is 2.57. The highest BCUT2D eigenvalue weighted by Gasteiger charge is 2.22. The smallest absolute Gasteiger partial charge is 0.326 e. The van der Waals surface area contributed by atoms with Crippen molar-refractivity contribution in [3.05, 3.63) is 5.01 Å². The van der Waals surface area contributed by atoms with Crippen LogP contribution in [0.3, 0.4) is 0 Å². The predicted molar refractivity (Wildman–Crippen MR) is 72.6 cm³/mol. The number of carbonyl (C=O) groups excluding carboxylic acids is 1. The van der Waals surface area contributed by atoms with Gasteiger partial charge in [-0.05, 0) is 13.3 Å². The summed E-state index contributed by atoms with van der Waals surface area (Å²) < 4.78 is 22.0. The van der Waals surface area contributed by atoms with E-state index in [2.05, 4.69) is 20.8 Å². The fourth-order valence-electron chi connectivity index (χ4n) is 1.23. The van der Waals surface area contributed by atoms with Gasteiger partial charge in [-0.1, -0.05) is 11.3 Å². The Hall–Kier alpha value is -1.75. The first-order chi connectivity index (χ1) is 9.17. The van der Waals surface area contributed by atoms with Gasteiger partial charge in [0.15, 0.2) is 0 Å². The summed E-state index contributed by atoms with van der Waals surface area (Å²) in [5.41, 5.74) is 0. The van der Waals surface area contributed by atoms with Crippen molar-refractivity contribution in [3.8, 4) is 0 Å². The van der Waals surface area contributed by atoms with Crippen molar-refractivity contribution in [2.24, 2.45) is 0 Å². The van der Waals surface area contributed by atoms with Crippen molar-refractivity contribution in [3.63, 3.8) is 0 Å². The molecule has 1 aromatic rings. The van der Waals surface area contributed by atoms with Gasteiger partial charge in [0.05, 0.1) is 5.75 Å². The van der Waals surface area contributed by atoms with Crippen LogP contribution in [0.2, 0.25) is 0 Å². The molecule has 0 saturated heterocycles. The number of hydrogen-bond donors (Lipinski definition) is 3. The van der Waals surface area contributed by atoms with Crippen LogP contribution in [0.1, 0.15) is 11.4 Å². The van der Waals surface area contributed by atoms with Crippen LogP contribution in [0.15, 0.2) is 0 Å². The summed E-state index contributed by atoms with van der Waals surface area (Å²) in [6.07, 6.45) is 0.784. The van der Waals surface area contributed by atoms with Crippen molar-refractivity contribution in [2.75, 3.05) is 17.3 Å². The van der Waals surface area contributed by atoms with E-state index in [1.807, 2.05) is 0 Å². The number of sulfone groups is 1. The number of aryl methyl sites for hydroxylation is 1. The molecular formula is C9H14N4O5S2. The van der Waals surface area contributed by atoms with Crippen LogP contribution in [-0.4, -0.2) is 53.8 Å². The van der Waals surface area contributed by atoms with Gasteiger partial charge in [-0.15, -0.1) is 10.2 Å². The largest absolute Gasteiger partial charge is 0.480 e. The molecule has 0 aromatic carbocycles. The summed E-state index contributed by atoms with van der Waals surface area (Å²) in [7, 11) is -3.30. The molecule has 9 nitrogen and oxygen atoms in total. The molecule has 20 heavy (non-hydrogen) atoms. The monoisotopic (exact) mass is 322 g/mol. The van der Waals surface area contributed by atoms with Crippen molar-refractivity contribution < 1.29 is 23.1 Å². The van der Waals surface area contributed by atoms with E-state index < -0.39 is 27.9 Å². The van der Waals surface area contributed by atoms with Crippen molar-refractivity contribution in [1.29, 1.82) is 0 Å². The third-order valence-corrected chi connectivity index (χ3v) is 3.86. The Bertz CT molecular complexity index is 597. The van der Waals surface area contributed by atoms with E-state index in [4.69, 9.17) is 5.11 Å². The minimum absolute atomic E-state index is 0.212. The molecule has 1 rings (SSSR count). The van der Waals surface area contributed by atoms with Gasteiger partial charge in [0.25, 0.3) is 0 Å². The van der Waals surface area contributed by atoms with E-state index in [9.17, 15) is 18.0 Å². The number of hydrogen-bond acceptors (Lipinski definition) is 7. The van der Waals surface area contributed by atoms with Crippen LogP contribution in [0.25, 0.3) is 0 Å². The molecule has 1 unspecified atom stereocenters. The van der Waals surface area contributed by atoms with Gasteiger partial charge >= 0.3 is 12.0 Å². The minimum atomic E-state index is -3.30. The molecule has 112 valence electrons. The van der Waals surface area contributed by atoms with Gasteiger partial charge in [0, 0.05) is 6.26 Å². The summed E-state index contributed by atoms with van der Waals surface area (Å²) in [4.78, 5) is 22.5. The lowest BCUT2D eigenvalue weighted by atomic mass is 10.2. The number of anilines is 1. The molecule has 0 saturated carbocycles. The Morgan fingerprint density at radius 3 is 2.50 bits per heavy atom. The van der Waals surface area contributed by atoms with E-state index in [1.165, 1.54) is 0 Å². The average Bonchev–Trinajstić information content (AvgIpc) is 2.68. The van der Waals surface area contributed by atoms with Crippen LogP contribution >= 0.6 is 11.3 Å². The zero-order valence-corrected chi connectivity index (χ0v) is 12.4. The van der Waals surface area contributed by atoms with Gasteiger partial charge < -0.3 is 10.4 Å². The topological polar surface area (TPSA) is 138 Å². The lowest BCUT2D eigenvalue weighted by Gasteiger charge is -2.13. The lowest BCUT2D eigenvalue weighted by Crippen LogP contribution is -2.43. The quantitative estimate of drug-likeness (QED) is 0.662. The Morgan fingerprint density at radius 2 is 2.05 bits per heavy atom. The summed E-state index contributed by atoms with van der Waals surface area (Å²) in [5.74, 6) is -1.64. The fraction of sp³-hybridized carbons (Fsp3) is 0.556. The first-order valence-electron chi connectivity index (χ1n) is 5.45. The highest BCUT2D eigenvalue weighted by atomic mass is 32.2. The van der Waals surface area contributed by atoms with Crippen LogP contribution < -0.4 is 10.6 Å². The second-order valence-corrected chi connectivity index (χ2v) is 7.48. The molecule has 1 aromatic heterocycles. The molecule has 0 fully saturated rings. The number of urea groups is 1. The third kappa shape index (κ3) is 5.93. The number of amides is 2. The van der Waals surface area contributed by atoms with Crippen LogP contribution in [0.4, 0.5) is 9.93 Å². The second-order valence-electron chi connectivity index (χ2n) is 4.03. The van der Waals surface area contributed by atoms with Crippen LogP contribution in [0, 0.1) is 6.92 Å². The van der Waals surface area contributed by atoms with E-state index in [-0.39, 0.29) is 17.3 Å². The van der Waals surface area contributed by atoms with Gasteiger partial charge in [-0.25, -0.2) is 18.0 Å². The second kappa shape index (κ2) is 6.61. The molecule has 1 heterocycles. The number of carbonyl (C=O) groups is 2. The van der Waals surface area contributed by atoms with Crippen LogP contribution in [-0.2, 0) is 14.6 Å². The van der Waals surface area contributed by atoms with Crippen LogP contribution in [0.5, 0.6) is 0 Å². The number of aliphatic carboxylic acids is 1. The molecule has 3 N–H and O–H groups in total. The van der Waals surface area contributed by atoms with E-state index in [0.29, 0.717) is 5.01 Å². The number of aromatic nitrogens is 2. The van der Waals surface area contributed by atoms with E-state index >= 15 is 0 Å². The summed E-state index contributed by atoms with van der Waals surface area (Å²) in [6.45, 7) is 1.70. The molecule has 0 aliphatic heterocycles. The molecular weight excluding hydrogens is 308 g/mol. The maximum Gasteiger partial charge on any atom is 0.326 e. The van der Waals surface area contributed by atoms with Crippen molar-refractivity contribution in [1.82, 2.24) is 15.5 Å². The van der Waals surface area contributed by atoms with Crippen molar-refractivity contribution in [2.45, 2.75) is 19.4 Å². The Kier molecular flexibility index (Phi) is 5.39. The number of nitrogens with one attached hydrogen (secondary N) is 2. The number of carboxylic acid groups (broad SMARTS) is 1. The third-order valence-electron chi connectivity index (χ3n) is 2.13. The van der Waals surface area contributed by atoms with Gasteiger partial charge in [0.2, 0.25) is 5.13 Å². The molecule has 0 spiro atoms. The molecule has 0 radical (unpaired) electrons. The fourth-order valence-corrected chi connectivity index (χ4v) is 2.48. The van der Waals surface area contributed by atoms with E-state index in [0.717, 1.165) is 17.6 Å². The van der Waals surface area contributed by atoms with Gasteiger partial charge in [-0.2, -0.15) is 0 Å². The normalized spacial score (nSPS) is 12.7. The first-order valence-corrected chi connectivity index (χ1v) is 8.33. The number of rotatable bonds is 6. The molecule has 0 aliphatic rings. The van der Waals surface area contributed by atoms with Gasteiger partial charge in [0.1, 0.15) is 20.9 Å². The van der Waals surface area contributed by atoms with Crippen molar-refractivity contribution >= 4 is 38.3 Å². The predicted octanol–water partition coefficient (Wildman–Crippen LogP) is -0.144. The number of nitrogens with zero attached hydrogens (tertiary/aromatic N) is 2. The Labute approximate surface area is 119 Å². The molecule has 0 bridgehead atoms. The summed E-state index contributed by atoms with van der Waals surface area (Å²) in [6, 6.07) is -2.07. The first kappa shape index (κ1) is 16.3. The Morgan fingerprint density at radius 1 is 1.40 bits per heavy atom. The standard InChI is InChI=1S/C9H14N4O5S2/c1-5-12-13-9(19-5)11-8(16)10-6(7(14)15)3-4-20(2,17)18/h6H,3-4H2,1-2H3,(H,14,15)(H2,10,11,13,16). The highest BCUT2D eigenvalue weighted by molar-refractivity contribution is 7.90. The summed E-state index contributed by atoms with van der Waals surface area (Å²) in [5, 5.41) is 21.6. The maximum absolute atomic E-state index is 11.6. The summed E-state index contributed by atoms with van der Waals surface area (Å²) >= 11 is 1.13. The molecule has 1 atom stereocenters. The molecule has 2 amide bonds. The molecule has 11 heteroatoms. The lowest BCUT2D eigenvalue weighted by molar-refractivity contribution is -0.139. The SMILES string of the molecule is Cc1nnc(NC(=O)NC(CCS(C)(=O)=O)C(=O)O)s1. The zero-order chi connectivity index (χ0) is 15.3. The zero-order valence-electron chi connectivity index (χ0n) is 10.8. The van der Waals surface area contributed by atoms with E-state index in [1.54, 1.807) is 6.92 Å². The molecule has 0 aliphatic carbocycles. The minimum Gasteiger partial charge on any atom is -0.480 e. The average molecular weight is 322 g/mol. The highest BCUT2D eigenvalue weighted by Crippen LogP contribution is 2.13. The maximum atomic E-state index is 11.6. The van der Waals surface area contributed by atoms with Gasteiger partial charge in [-0.3, -0.25) is 5.32 Å².